The van der Waals surface area contributed by atoms with Gasteiger partial charge < -0.3 is 44.0 Å². The molecule has 0 aromatic carbocycles. The average molecular weight is 473 g/mol. The van der Waals surface area contributed by atoms with Gasteiger partial charge in [0.2, 0.25) is 23.6 Å². The summed E-state index contributed by atoms with van der Waals surface area (Å²) in [6.07, 6.45) is -0.0417. The number of carbonyl (C=O) groups is 5. The molecular formula is C19H36N8O6. The Morgan fingerprint density at radius 3 is 1.82 bits per heavy atom. The van der Waals surface area contributed by atoms with Crippen LogP contribution in [0.3, 0.4) is 0 Å². The first kappa shape index (κ1) is 29.6. The Morgan fingerprint density at radius 2 is 1.36 bits per heavy atom. The summed E-state index contributed by atoms with van der Waals surface area (Å²) in [6, 6.07) is -4.70. The molecule has 0 bridgehead atoms. The van der Waals surface area contributed by atoms with Gasteiger partial charge in [0, 0.05) is 6.54 Å². The molecule has 14 heteroatoms. The monoisotopic (exact) mass is 472 g/mol. The predicted octanol–water partition coefficient (Wildman–Crippen LogP) is -3.15. The van der Waals surface area contributed by atoms with Crippen LogP contribution in [0.25, 0.3) is 0 Å². The second-order valence-corrected chi connectivity index (χ2v) is 8.06. The van der Waals surface area contributed by atoms with Crippen LogP contribution >= 0.6 is 0 Å². The van der Waals surface area contributed by atoms with Crippen LogP contribution in [-0.4, -0.2) is 71.4 Å². The highest BCUT2D eigenvalue weighted by Gasteiger charge is 2.30. The van der Waals surface area contributed by atoms with Gasteiger partial charge in [0.05, 0.1) is 12.5 Å². The van der Waals surface area contributed by atoms with E-state index in [9.17, 15) is 29.1 Å². The Kier molecular flexibility index (Phi) is 13.1. The standard InChI is InChI=1S/C19H36N8O6/c1-9(2)7-13(18(32)33)27-16(30)11(5-4-6-24-19(22)23)25-17(31)12(8-14(21)28)26-15(29)10(3)20/h9-13H,4-8,20H2,1-3H3,(H2,21,28)(H,25,31)(H,26,29)(H,27,30)(H,32,33)(H4,22,23,24). The van der Waals surface area contributed by atoms with Gasteiger partial charge in [0.1, 0.15) is 18.1 Å². The molecule has 0 aromatic rings. The molecule has 0 fully saturated rings. The van der Waals surface area contributed by atoms with Crippen LogP contribution in [0.4, 0.5) is 0 Å². The van der Waals surface area contributed by atoms with Crippen molar-refractivity contribution in [3.05, 3.63) is 0 Å². The van der Waals surface area contributed by atoms with Gasteiger partial charge in [-0.1, -0.05) is 13.8 Å². The van der Waals surface area contributed by atoms with Gasteiger partial charge in [-0.15, -0.1) is 0 Å². The molecule has 14 nitrogen and oxygen atoms in total. The van der Waals surface area contributed by atoms with Gasteiger partial charge in [0.15, 0.2) is 5.96 Å². The number of rotatable bonds is 15. The van der Waals surface area contributed by atoms with Crippen molar-refractivity contribution in [2.75, 3.05) is 6.54 Å². The molecule has 4 atom stereocenters. The number of carboxylic acid groups (broad SMARTS) is 1. The maximum Gasteiger partial charge on any atom is 0.326 e. The number of amides is 4. The molecule has 0 aliphatic heterocycles. The SMILES string of the molecule is CC(C)CC(NC(=O)C(CCCN=C(N)N)NC(=O)C(CC(N)=O)NC(=O)C(C)N)C(=O)O. The van der Waals surface area contributed by atoms with Crippen molar-refractivity contribution in [1.82, 2.24) is 16.0 Å². The number of hydrogen-bond donors (Lipinski definition) is 8. The minimum absolute atomic E-state index is 0.0188. The Balaban J connectivity index is 5.57. The number of nitrogens with one attached hydrogen (secondary N) is 3. The average Bonchev–Trinajstić information content (AvgIpc) is 2.67. The van der Waals surface area contributed by atoms with Crippen molar-refractivity contribution in [3.8, 4) is 0 Å². The van der Waals surface area contributed by atoms with Gasteiger partial charge in [-0.05, 0) is 32.1 Å². The highest BCUT2D eigenvalue weighted by atomic mass is 16.4. The van der Waals surface area contributed by atoms with Crippen LogP contribution in [0.5, 0.6) is 0 Å². The maximum atomic E-state index is 12.8. The van der Waals surface area contributed by atoms with Crippen molar-refractivity contribution in [2.24, 2.45) is 33.8 Å². The molecule has 0 rings (SSSR count). The number of nitrogens with zero attached hydrogens (tertiary/aromatic N) is 1. The Bertz CT molecular complexity index is 736. The Hall–Kier alpha value is -3.42. The lowest BCUT2D eigenvalue weighted by molar-refractivity contribution is -0.143. The predicted molar refractivity (Wildman–Crippen MR) is 120 cm³/mol. The van der Waals surface area contributed by atoms with Crippen molar-refractivity contribution in [3.63, 3.8) is 0 Å². The van der Waals surface area contributed by atoms with E-state index in [1.54, 1.807) is 13.8 Å². The molecule has 0 aromatic heterocycles. The zero-order valence-corrected chi connectivity index (χ0v) is 19.2. The van der Waals surface area contributed by atoms with E-state index in [-0.39, 0.29) is 37.7 Å². The first-order valence-corrected chi connectivity index (χ1v) is 10.5. The van der Waals surface area contributed by atoms with Crippen LogP contribution in [0, 0.1) is 5.92 Å². The molecule has 188 valence electrons. The highest BCUT2D eigenvalue weighted by Crippen LogP contribution is 2.07. The lowest BCUT2D eigenvalue weighted by Crippen LogP contribution is -2.57. The first-order chi connectivity index (χ1) is 15.2. The Morgan fingerprint density at radius 1 is 0.848 bits per heavy atom. The number of primary amides is 1. The summed E-state index contributed by atoms with van der Waals surface area (Å²) in [5.41, 5.74) is 21.2. The molecule has 0 aliphatic rings. The van der Waals surface area contributed by atoms with Gasteiger partial charge in [-0.3, -0.25) is 24.2 Å². The number of hydrogen-bond acceptors (Lipinski definition) is 7. The van der Waals surface area contributed by atoms with Crippen molar-refractivity contribution in [2.45, 2.75) is 70.6 Å². The number of aliphatic imine (C=N–C) groups is 1. The molecule has 4 amide bonds. The molecule has 12 N–H and O–H groups in total. The molecule has 0 spiro atoms. The van der Waals surface area contributed by atoms with E-state index < -0.39 is 60.2 Å². The lowest BCUT2D eigenvalue weighted by atomic mass is 10.0. The topological polar surface area (TPSA) is 258 Å². The van der Waals surface area contributed by atoms with E-state index >= 15 is 0 Å². The second kappa shape index (κ2) is 14.6. The zero-order chi connectivity index (χ0) is 25.7. The summed E-state index contributed by atoms with van der Waals surface area (Å²) < 4.78 is 0. The van der Waals surface area contributed by atoms with Crippen molar-refractivity contribution >= 4 is 35.6 Å². The van der Waals surface area contributed by atoms with E-state index in [0.29, 0.717) is 0 Å². The molecule has 4 unspecified atom stereocenters. The fourth-order valence-electron chi connectivity index (χ4n) is 2.72. The third kappa shape index (κ3) is 12.9. The van der Waals surface area contributed by atoms with Crippen LogP contribution in [0.2, 0.25) is 0 Å². The van der Waals surface area contributed by atoms with E-state index in [2.05, 4.69) is 20.9 Å². The summed E-state index contributed by atoms with van der Waals surface area (Å²) in [6.45, 7) is 5.13. The zero-order valence-electron chi connectivity index (χ0n) is 19.2. The number of carbonyl (C=O) groups excluding carboxylic acids is 4. The molecule has 0 aliphatic carbocycles. The van der Waals surface area contributed by atoms with Crippen molar-refractivity contribution in [1.29, 1.82) is 0 Å². The van der Waals surface area contributed by atoms with Crippen LogP contribution in [0.1, 0.15) is 46.5 Å². The smallest absolute Gasteiger partial charge is 0.326 e. The van der Waals surface area contributed by atoms with Gasteiger partial charge in [-0.25, -0.2) is 4.79 Å². The molecule has 0 radical (unpaired) electrons. The van der Waals surface area contributed by atoms with Gasteiger partial charge in [-0.2, -0.15) is 0 Å². The van der Waals surface area contributed by atoms with E-state index in [0.717, 1.165) is 0 Å². The van der Waals surface area contributed by atoms with E-state index in [4.69, 9.17) is 22.9 Å². The number of aliphatic carboxylic acids is 1. The van der Waals surface area contributed by atoms with Crippen LogP contribution in [0.15, 0.2) is 4.99 Å². The van der Waals surface area contributed by atoms with Gasteiger partial charge >= 0.3 is 5.97 Å². The lowest BCUT2D eigenvalue weighted by Gasteiger charge is -2.25. The van der Waals surface area contributed by atoms with Crippen LogP contribution in [-0.2, 0) is 24.0 Å². The summed E-state index contributed by atoms with van der Waals surface area (Å²) in [5.74, 6) is -4.57. The first-order valence-electron chi connectivity index (χ1n) is 10.5. The number of guanidine groups is 1. The molecular weight excluding hydrogens is 436 g/mol. The summed E-state index contributed by atoms with van der Waals surface area (Å²) in [7, 11) is 0. The molecule has 0 saturated carbocycles. The fourth-order valence-corrected chi connectivity index (χ4v) is 2.72. The molecule has 0 saturated heterocycles. The second-order valence-electron chi connectivity index (χ2n) is 8.06. The molecule has 0 heterocycles. The quantitative estimate of drug-likeness (QED) is 0.0678. The summed E-state index contributed by atoms with van der Waals surface area (Å²) in [5, 5.41) is 16.5. The van der Waals surface area contributed by atoms with E-state index in [1.165, 1.54) is 6.92 Å². The number of nitrogens with two attached hydrogens (primary N) is 4. The van der Waals surface area contributed by atoms with E-state index in [1.807, 2.05) is 0 Å². The summed E-state index contributed by atoms with van der Waals surface area (Å²) in [4.78, 5) is 64.1. The molecule has 33 heavy (non-hydrogen) atoms. The normalized spacial score (nSPS) is 14.3. The minimum atomic E-state index is -1.38. The highest BCUT2D eigenvalue weighted by molar-refractivity contribution is 5.96. The summed E-state index contributed by atoms with van der Waals surface area (Å²) >= 11 is 0. The fraction of sp³-hybridized carbons (Fsp3) is 0.684. The number of carboxylic acids is 1. The van der Waals surface area contributed by atoms with Crippen LogP contribution < -0.4 is 38.9 Å². The maximum absolute atomic E-state index is 12.8. The minimum Gasteiger partial charge on any atom is -0.480 e. The van der Waals surface area contributed by atoms with Crippen molar-refractivity contribution < 1.29 is 29.1 Å². The Labute approximate surface area is 192 Å². The third-order valence-electron chi connectivity index (χ3n) is 4.35. The largest absolute Gasteiger partial charge is 0.480 e. The van der Waals surface area contributed by atoms with Gasteiger partial charge in [0.25, 0.3) is 0 Å². The third-order valence-corrected chi connectivity index (χ3v) is 4.35.